The number of amides is 1. The largest absolute Gasteiger partial charge is 0.495 e. The first kappa shape index (κ1) is 18.4. The van der Waals surface area contributed by atoms with Crippen LogP contribution in [0.5, 0.6) is 5.75 Å². The van der Waals surface area contributed by atoms with Crippen LogP contribution in [-0.4, -0.2) is 28.5 Å². The zero-order chi connectivity index (χ0) is 17.9. The van der Waals surface area contributed by atoms with Crippen molar-refractivity contribution in [1.29, 1.82) is 0 Å². The summed E-state index contributed by atoms with van der Waals surface area (Å²) in [4.78, 5) is 11.6. The van der Waals surface area contributed by atoms with E-state index in [9.17, 15) is 13.2 Å². The van der Waals surface area contributed by atoms with Crippen LogP contribution in [0.15, 0.2) is 41.3 Å². The Morgan fingerprint density at radius 1 is 1.08 bits per heavy atom. The lowest BCUT2D eigenvalue weighted by atomic mass is 10.2. The maximum absolute atomic E-state index is 12.5. The molecule has 2 aromatic rings. The number of sulfonamides is 1. The average molecular weight is 389 g/mol. The summed E-state index contributed by atoms with van der Waals surface area (Å²) in [6.45, 7) is 0. The molecule has 0 radical (unpaired) electrons. The van der Waals surface area contributed by atoms with Gasteiger partial charge < -0.3 is 10.1 Å². The van der Waals surface area contributed by atoms with Gasteiger partial charge >= 0.3 is 0 Å². The van der Waals surface area contributed by atoms with Gasteiger partial charge in [0, 0.05) is 12.6 Å². The van der Waals surface area contributed by atoms with Crippen LogP contribution in [0.3, 0.4) is 0 Å². The molecule has 0 spiro atoms. The highest BCUT2D eigenvalue weighted by atomic mass is 35.5. The Hall–Kier alpha value is -1.96. The molecule has 0 saturated heterocycles. The molecule has 0 aliphatic rings. The zero-order valence-corrected chi connectivity index (χ0v) is 15.1. The van der Waals surface area contributed by atoms with Gasteiger partial charge in [0.25, 0.3) is 15.9 Å². The van der Waals surface area contributed by atoms with Gasteiger partial charge in [-0.05, 0) is 36.4 Å². The molecule has 24 heavy (non-hydrogen) atoms. The van der Waals surface area contributed by atoms with E-state index in [4.69, 9.17) is 27.9 Å². The van der Waals surface area contributed by atoms with Crippen LogP contribution in [0.2, 0.25) is 10.0 Å². The number of ether oxygens (including phenoxy) is 1. The number of rotatable bonds is 5. The fourth-order valence-corrected chi connectivity index (χ4v) is 3.37. The van der Waals surface area contributed by atoms with Crippen LogP contribution in [0, 0.1) is 0 Å². The SMILES string of the molecule is CNC(=O)c1ccc(NS(=O)(=O)c2ccc(Cl)c(Cl)c2)c(OC)c1. The van der Waals surface area contributed by atoms with Crippen molar-refractivity contribution in [3.63, 3.8) is 0 Å². The summed E-state index contributed by atoms with van der Waals surface area (Å²) in [5, 5.41) is 2.86. The first-order chi connectivity index (χ1) is 11.3. The summed E-state index contributed by atoms with van der Waals surface area (Å²) in [5.41, 5.74) is 0.531. The molecule has 0 aliphatic carbocycles. The lowest BCUT2D eigenvalue weighted by Gasteiger charge is -2.13. The number of methoxy groups -OCH3 is 1. The van der Waals surface area contributed by atoms with Crippen LogP contribution in [0.4, 0.5) is 5.69 Å². The summed E-state index contributed by atoms with van der Waals surface area (Å²) >= 11 is 11.7. The Kier molecular flexibility index (Phi) is 5.58. The fourth-order valence-electron chi connectivity index (χ4n) is 1.91. The maximum Gasteiger partial charge on any atom is 0.262 e. The second-order valence-corrected chi connectivity index (χ2v) is 7.17. The normalized spacial score (nSPS) is 11.0. The number of nitrogens with one attached hydrogen (secondary N) is 2. The molecule has 0 aromatic heterocycles. The van der Waals surface area contributed by atoms with Crippen molar-refractivity contribution in [2.45, 2.75) is 4.90 Å². The summed E-state index contributed by atoms with van der Waals surface area (Å²) < 4.78 is 32.5. The molecular formula is C15H14Cl2N2O4S. The van der Waals surface area contributed by atoms with Crippen LogP contribution in [-0.2, 0) is 10.0 Å². The van der Waals surface area contributed by atoms with Crippen molar-refractivity contribution in [2.75, 3.05) is 18.9 Å². The van der Waals surface area contributed by atoms with Crippen LogP contribution in [0.25, 0.3) is 0 Å². The number of halogens is 2. The second kappa shape index (κ2) is 7.29. The fraction of sp³-hybridized carbons (Fsp3) is 0.133. The number of carbonyl (C=O) groups excluding carboxylic acids is 1. The summed E-state index contributed by atoms with van der Waals surface area (Å²) in [6, 6.07) is 8.34. The van der Waals surface area contributed by atoms with Gasteiger partial charge in [-0.15, -0.1) is 0 Å². The number of carbonyl (C=O) groups is 1. The van der Waals surface area contributed by atoms with E-state index in [-0.39, 0.29) is 32.3 Å². The van der Waals surface area contributed by atoms with Crippen molar-refractivity contribution in [1.82, 2.24) is 5.32 Å². The molecule has 0 bridgehead atoms. The lowest BCUT2D eigenvalue weighted by molar-refractivity contribution is 0.0963. The van der Waals surface area contributed by atoms with Gasteiger partial charge in [0.1, 0.15) is 5.75 Å². The second-order valence-electron chi connectivity index (χ2n) is 4.68. The monoisotopic (exact) mass is 388 g/mol. The number of anilines is 1. The topological polar surface area (TPSA) is 84.5 Å². The van der Waals surface area contributed by atoms with Gasteiger partial charge in [-0.3, -0.25) is 9.52 Å². The van der Waals surface area contributed by atoms with Crippen molar-refractivity contribution >= 4 is 44.8 Å². The molecule has 0 aliphatic heterocycles. The molecule has 9 heteroatoms. The summed E-state index contributed by atoms with van der Waals surface area (Å²) in [5.74, 6) is -0.105. The third-order valence-corrected chi connectivity index (χ3v) is 5.24. The zero-order valence-electron chi connectivity index (χ0n) is 12.8. The molecule has 0 fully saturated rings. The van der Waals surface area contributed by atoms with E-state index in [1.165, 1.54) is 50.6 Å². The highest BCUT2D eigenvalue weighted by Crippen LogP contribution is 2.30. The molecule has 1 amide bonds. The Labute approximate surface area is 149 Å². The standard InChI is InChI=1S/C15H14Cl2N2O4S/c1-18-15(20)9-3-6-13(14(7-9)23-2)19-24(21,22)10-4-5-11(16)12(17)8-10/h3-8,19H,1-2H3,(H,18,20). The van der Waals surface area contributed by atoms with Gasteiger partial charge in [0.2, 0.25) is 0 Å². The van der Waals surface area contributed by atoms with Crippen molar-refractivity contribution in [2.24, 2.45) is 0 Å². The first-order valence-corrected chi connectivity index (χ1v) is 8.90. The van der Waals surface area contributed by atoms with Crippen LogP contribution >= 0.6 is 23.2 Å². The molecular weight excluding hydrogens is 375 g/mol. The number of benzene rings is 2. The van der Waals surface area contributed by atoms with E-state index >= 15 is 0 Å². The van der Waals surface area contributed by atoms with Crippen LogP contribution in [0.1, 0.15) is 10.4 Å². The number of hydrogen-bond donors (Lipinski definition) is 2. The molecule has 0 unspecified atom stereocenters. The Balaban J connectivity index is 2.38. The molecule has 128 valence electrons. The van der Waals surface area contributed by atoms with E-state index < -0.39 is 10.0 Å². The molecule has 2 aromatic carbocycles. The van der Waals surface area contributed by atoms with Gasteiger partial charge in [-0.2, -0.15) is 0 Å². The van der Waals surface area contributed by atoms with Crippen molar-refractivity contribution < 1.29 is 17.9 Å². The van der Waals surface area contributed by atoms with E-state index in [0.29, 0.717) is 5.56 Å². The molecule has 6 nitrogen and oxygen atoms in total. The van der Waals surface area contributed by atoms with E-state index in [2.05, 4.69) is 10.0 Å². The van der Waals surface area contributed by atoms with Gasteiger partial charge in [-0.25, -0.2) is 8.42 Å². The van der Waals surface area contributed by atoms with E-state index in [1.54, 1.807) is 0 Å². The lowest BCUT2D eigenvalue weighted by Crippen LogP contribution is -2.18. The first-order valence-electron chi connectivity index (χ1n) is 6.66. The highest BCUT2D eigenvalue weighted by molar-refractivity contribution is 7.92. The predicted molar refractivity (Wildman–Crippen MR) is 93.7 cm³/mol. The van der Waals surface area contributed by atoms with Crippen molar-refractivity contribution in [3.8, 4) is 5.75 Å². The molecule has 2 N–H and O–H groups in total. The predicted octanol–water partition coefficient (Wildman–Crippen LogP) is 3.16. The van der Waals surface area contributed by atoms with Crippen molar-refractivity contribution in [3.05, 3.63) is 52.0 Å². The smallest absolute Gasteiger partial charge is 0.262 e. The molecule has 0 saturated carbocycles. The molecule has 2 rings (SSSR count). The van der Waals surface area contributed by atoms with E-state index in [0.717, 1.165) is 0 Å². The van der Waals surface area contributed by atoms with Gasteiger partial charge in [-0.1, -0.05) is 23.2 Å². The Bertz CT molecular complexity index is 885. The minimum Gasteiger partial charge on any atom is -0.495 e. The highest BCUT2D eigenvalue weighted by Gasteiger charge is 2.18. The third-order valence-electron chi connectivity index (χ3n) is 3.14. The number of hydrogen-bond acceptors (Lipinski definition) is 4. The summed E-state index contributed by atoms with van der Waals surface area (Å²) in [6.07, 6.45) is 0. The average Bonchev–Trinajstić information content (AvgIpc) is 2.56. The molecule has 0 atom stereocenters. The van der Waals surface area contributed by atoms with Gasteiger partial charge in [0.15, 0.2) is 0 Å². The molecule has 0 heterocycles. The summed E-state index contributed by atoms with van der Waals surface area (Å²) in [7, 11) is -1.03. The van der Waals surface area contributed by atoms with Crippen LogP contribution < -0.4 is 14.8 Å². The minimum atomic E-state index is -3.90. The third kappa shape index (κ3) is 3.92. The quantitative estimate of drug-likeness (QED) is 0.823. The Morgan fingerprint density at radius 2 is 1.79 bits per heavy atom. The maximum atomic E-state index is 12.5. The van der Waals surface area contributed by atoms with Gasteiger partial charge in [0.05, 0.1) is 27.7 Å². The van der Waals surface area contributed by atoms with E-state index in [1.807, 2.05) is 0 Å². The minimum absolute atomic E-state index is 0.0469. The Morgan fingerprint density at radius 3 is 2.38 bits per heavy atom.